The first-order valence-electron chi connectivity index (χ1n) is 10.7. The third-order valence-corrected chi connectivity index (χ3v) is 5.44. The fourth-order valence-corrected chi connectivity index (χ4v) is 3.48. The number of ether oxygens (including phenoxy) is 1. The number of halogens is 3. The van der Waals surface area contributed by atoms with E-state index in [0.29, 0.717) is 38.3 Å². The molecule has 2 aromatic rings. The molecule has 1 aliphatic carbocycles. The zero-order chi connectivity index (χ0) is 23.5. The van der Waals surface area contributed by atoms with Crippen LogP contribution in [0.15, 0.2) is 12.4 Å². The number of nitrogens with one attached hydrogen (secondary N) is 2. The van der Waals surface area contributed by atoms with Crippen molar-refractivity contribution in [1.29, 1.82) is 0 Å². The Morgan fingerprint density at radius 3 is 2.59 bits per heavy atom. The Morgan fingerprint density at radius 1 is 1.31 bits per heavy atom. The van der Waals surface area contributed by atoms with E-state index in [-0.39, 0.29) is 36.4 Å². The summed E-state index contributed by atoms with van der Waals surface area (Å²) in [6.07, 6.45) is 5.35. The Labute approximate surface area is 185 Å². The highest BCUT2D eigenvalue weighted by atomic mass is 19.3. The highest BCUT2D eigenvalue weighted by Gasteiger charge is 2.34. The van der Waals surface area contributed by atoms with Crippen LogP contribution in [-0.2, 0) is 4.79 Å². The van der Waals surface area contributed by atoms with Crippen LogP contribution in [0, 0.1) is 18.7 Å². The van der Waals surface area contributed by atoms with Gasteiger partial charge < -0.3 is 15.4 Å². The summed E-state index contributed by atoms with van der Waals surface area (Å²) in [5, 5.41) is 9.82. The molecule has 0 aromatic carbocycles. The molecule has 0 spiro atoms. The van der Waals surface area contributed by atoms with Crippen molar-refractivity contribution in [2.24, 2.45) is 5.92 Å². The van der Waals surface area contributed by atoms with Crippen molar-refractivity contribution in [3.8, 4) is 5.88 Å². The van der Waals surface area contributed by atoms with Crippen LogP contribution in [0.5, 0.6) is 5.88 Å². The molecule has 32 heavy (non-hydrogen) atoms. The number of rotatable bonds is 8. The molecule has 0 saturated heterocycles. The number of amides is 1. The molecule has 1 saturated carbocycles. The summed E-state index contributed by atoms with van der Waals surface area (Å²) in [4.78, 5) is 19.5. The number of aromatic nitrogens is 4. The number of carbonyl (C=O) groups excluding carboxylic acids is 1. The lowest BCUT2D eigenvalue weighted by molar-refractivity contribution is -0.144. The quantitative estimate of drug-likeness (QED) is 0.622. The van der Waals surface area contributed by atoms with E-state index in [0.717, 1.165) is 11.9 Å². The predicted molar refractivity (Wildman–Crippen MR) is 113 cm³/mol. The summed E-state index contributed by atoms with van der Waals surface area (Å²) >= 11 is 0. The van der Waals surface area contributed by atoms with Crippen LogP contribution in [0.2, 0.25) is 0 Å². The minimum atomic E-state index is -3.39. The summed E-state index contributed by atoms with van der Waals surface area (Å²) in [5.74, 6) is -5.16. The SMILES string of the molecule is Cc1nn(C(C)C)cc1Nc1ncc(F)c(OCC2CCC(NC(=O)C(C)(F)F)CC2)n1. The molecule has 11 heteroatoms. The van der Waals surface area contributed by atoms with Crippen molar-refractivity contribution in [1.82, 2.24) is 25.1 Å². The third-order valence-electron chi connectivity index (χ3n) is 5.44. The second-order valence-corrected chi connectivity index (χ2v) is 8.56. The van der Waals surface area contributed by atoms with Crippen molar-refractivity contribution in [3.63, 3.8) is 0 Å². The molecule has 0 aliphatic heterocycles. The summed E-state index contributed by atoms with van der Waals surface area (Å²) in [7, 11) is 0. The van der Waals surface area contributed by atoms with Gasteiger partial charge in [-0.2, -0.15) is 23.3 Å². The Kier molecular flexibility index (Phi) is 7.25. The Hall–Kier alpha value is -2.85. The number of alkyl halides is 2. The molecule has 2 heterocycles. The van der Waals surface area contributed by atoms with E-state index in [9.17, 15) is 18.0 Å². The van der Waals surface area contributed by atoms with Gasteiger partial charge in [0.25, 0.3) is 11.8 Å². The summed E-state index contributed by atoms with van der Waals surface area (Å²) in [5.41, 5.74) is 1.48. The van der Waals surface area contributed by atoms with Gasteiger partial charge in [-0.25, -0.2) is 4.98 Å². The second kappa shape index (κ2) is 9.74. The normalized spacial score (nSPS) is 19.1. The molecule has 0 radical (unpaired) electrons. The number of hydrogen-bond acceptors (Lipinski definition) is 6. The largest absolute Gasteiger partial charge is 0.475 e. The maximum absolute atomic E-state index is 14.2. The van der Waals surface area contributed by atoms with E-state index in [4.69, 9.17) is 4.74 Å². The van der Waals surface area contributed by atoms with Crippen LogP contribution in [0.25, 0.3) is 0 Å². The molecule has 0 atom stereocenters. The molecule has 2 N–H and O–H groups in total. The lowest BCUT2D eigenvalue weighted by Gasteiger charge is -2.29. The van der Waals surface area contributed by atoms with Crippen LogP contribution >= 0.6 is 0 Å². The molecular weight excluding hydrogens is 425 g/mol. The van der Waals surface area contributed by atoms with E-state index in [1.807, 2.05) is 27.0 Å². The maximum atomic E-state index is 14.2. The van der Waals surface area contributed by atoms with Gasteiger partial charge in [0.05, 0.1) is 24.2 Å². The molecular formula is C21H29F3N6O2. The van der Waals surface area contributed by atoms with Gasteiger partial charge in [-0.1, -0.05) is 0 Å². The third kappa shape index (κ3) is 6.10. The van der Waals surface area contributed by atoms with Crippen molar-refractivity contribution >= 4 is 17.5 Å². The van der Waals surface area contributed by atoms with Gasteiger partial charge in [0.15, 0.2) is 0 Å². The first kappa shape index (κ1) is 23.8. The smallest absolute Gasteiger partial charge is 0.321 e. The van der Waals surface area contributed by atoms with Crippen LogP contribution in [-0.4, -0.2) is 44.2 Å². The lowest BCUT2D eigenvalue weighted by atomic mass is 9.86. The van der Waals surface area contributed by atoms with E-state index in [1.54, 1.807) is 4.68 Å². The Balaban J connectivity index is 1.53. The number of carbonyl (C=O) groups is 1. The number of anilines is 2. The van der Waals surface area contributed by atoms with E-state index < -0.39 is 17.6 Å². The van der Waals surface area contributed by atoms with Gasteiger partial charge in [0.2, 0.25) is 11.8 Å². The highest BCUT2D eigenvalue weighted by molar-refractivity contribution is 5.83. The van der Waals surface area contributed by atoms with Crippen molar-refractivity contribution in [3.05, 3.63) is 23.9 Å². The zero-order valence-corrected chi connectivity index (χ0v) is 18.7. The lowest BCUT2D eigenvalue weighted by Crippen LogP contribution is -2.45. The highest BCUT2D eigenvalue weighted by Crippen LogP contribution is 2.27. The van der Waals surface area contributed by atoms with E-state index in [1.165, 1.54) is 0 Å². The first-order valence-corrected chi connectivity index (χ1v) is 10.7. The monoisotopic (exact) mass is 454 g/mol. The van der Waals surface area contributed by atoms with Crippen LogP contribution < -0.4 is 15.4 Å². The van der Waals surface area contributed by atoms with Crippen LogP contribution in [0.3, 0.4) is 0 Å². The molecule has 0 bridgehead atoms. The van der Waals surface area contributed by atoms with Gasteiger partial charge in [-0.15, -0.1) is 0 Å². The summed E-state index contributed by atoms with van der Waals surface area (Å²) in [6.45, 7) is 6.69. The molecule has 8 nitrogen and oxygen atoms in total. The van der Waals surface area contributed by atoms with Crippen LogP contribution in [0.1, 0.15) is 58.2 Å². The molecule has 2 aromatic heterocycles. The molecule has 0 unspecified atom stereocenters. The van der Waals surface area contributed by atoms with Crippen molar-refractivity contribution in [2.75, 3.05) is 11.9 Å². The van der Waals surface area contributed by atoms with Crippen LogP contribution in [0.4, 0.5) is 24.8 Å². The first-order chi connectivity index (χ1) is 15.0. The predicted octanol–water partition coefficient (Wildman–Crippen LogP) is 4.15. The minimum Gasteiger partial charge on any atom is -0.475 e. The average Bonchev–Trinajstić information content (AvgIpc) is 3.09. The minimum absolute atomic E-state index is 0.114. The fraction of sp³-hybridized carbons (Fsp3) is 0.619. The maximum Gasteiger partial charge on any atom is 0.321 e. The molecule has 176 valence electrons. The standard InChI is InChI=1S/C21H29F3N6O2/c1-12(2)30-10-17(13(3)29-30)27-20-25-9-16(22)18(28-20)32-11-14-5-7-15(8-6-14)26-19(31)21(4,23)24/h9-10,12,14-15H,5-8,11H2,1-4H3,(H,26,31)(H,25,27,28). The Morgan fingerprint density at radius 2 is 2.00 bits per heavy atom. The van der Waals surface area contributed by atoms with Gasteiger partial charge in [-0.3, -0.25) is 9.48 Å². The van der Waals surface area contributed by atoms with E-state index in [2.05, 4.69) is 25.7 Å². The Bertz CT molecular complexity index is 936. The van der Waals surface area contributed by atoms with Crippen molar-refractivity contribution < 1.29 is 22.7 Å². The number of aryl methyl sites for hydroxylation is 1. The number of nitrogens with zero attached hydrogens (tertiary/aromatic N) is 4. The van der Waals surface area contributed by atoms with Gasteiger partial charge in [-0.05, 0) is 52.4 Å². The van der Waals surface area contributed by atoms with Gasteiger partial charge in [0, 0.05) is 25.2 Å². The molecule has 3 rings (SSSR count). The molecule has 1 fully saturated rings. The van der Waals surface area contributed by atoms with Gasteiger partial charge in [0.1, 0.15) is 0 Å². The topological polar surface area (TPSA) is 94.0 Å². The fourth-order valence-electron chi connectivity index (χ4n) is 3.48. The summed E-state index contributed by atoms with van der Waals surface area (Å²) < 4.78 is 47.6. The summed E-state index contributed by atoms with van der Waals surface area (Å²) in [6, 6.07) is -0.0923. The second-order valence-electron chi connectivity index (χ2n) is 8.56. The van der Waals surface area contributed by atoms with Gasteiger partial charge >= 0.3 is 5.92 Å². The number of hydrogen-bond donors (Lipinski definition) is 2. The van der Waals surface area contributed by atoms with E-state index >= 15 is 0 Å². The average molecular weight is 454 g/mol. The zero-order valence-electron chi connectivity index (χ0n) is 18.7. The van der Waals surface area contributed by atoms with Crippen molar-refractivity contribution in [2.45, 2.75) is 71.4 Å². The molecule has 1 amide bonds. The molecule has 1 aliphatic rings.